The van der Waals surface area contributed by atoms with Gasteiger partial charge < -0.3 is 18.7 Å². The van der Waals surface area contributed by atoms with Gasteiger partial charge in [-0.2, -0.15) is 0 Å². The van der Waals surface area contributed by atoms with Crippen molar-refractivity contribution in [3.63, 3.8) is 0 Å². The Balaban J connectivity index is 3.13. The molecule has 1 nitrogen and oxygen atoms in total. The summed E-state index contributed by atoms with van der Waals surface area (Å²) in [6.07, 6.45) is 0. The molecular weight excluding hydrogens is 185 g/mol. The molecule has 1 rings (SSSR count). The summed E-state index contributed by atoms with van der Waals surface area (Å²) in [5.41, 5.74) is 4.29. The number of benzene rings is 1. The maximum Gasteiger partial charge on any atom is 0.512 e. The van der Waals surface area contributed by atoms with Crippen molar-refractivity contribution in [3.8, 4) is 0 Å². The fourth-order valence-corrected chi connectivity index (χ4v) is 0.963. The third kappa shape index (κ3) is 2.21. The van der Waals surface area contributed by atoms with Gasteiger partial charge in [0.1, 0.15) is 0 Å². The number of hydrogen-bond acceptors (Lipinski definition) is 1. The molecule has 0 aromatic heterocycles. The van der Waals surface area contributed by atoms with Crippen LogP contribution >= 0.6 is 0 Å². The smallest absolute Gasteiger partial charge is 0.445 e. The lowest BCUT2D eigenvalue weighted by Crippen LogP contribution is -2.36. The molecule has 2 N–H and O–H groups in total. The van der Waals surface area contributed by atoms with Gasteiger partial charge in [-0.15, -0.1) is 0 Å². The van der Waals surface area contributed by atoms with Crippen molar-refractivity contribution in [1.82, 2.24) is 0 Å². The maximum absolute atomic E-state index is 12.8. The van der Waals surface area contributed by atoms with Crippen molar-refractivity contribution >= 4 is 12.4 Å². The summed E-state index contributed by atoms with van der Waals surface area (Å²) < 4.78 is 49.0. The van der Waals surface area contributed by atoms with Crippen LogP contribution in [0.25, 0.3) is 0 Å². The van der Waals surface area contributed by atoms with Crippen LogP contribution < -0.4 is 11.2 Å². The summed E-state index contributed by atoms with van der Waals surface area (Å²) in [6, 6.07) is 2.70. The second kappa shape index (κ2) is 3.37. The summed E-state index contributed by atoms with van der Waals surface area (Å²) in [4.78, 5) is 0. The first kappa shape index (κ1) is 10.0. The molecule has 0 unspecified atom stereocenters. The Hall–Kier alpha value is -1.04. The number of halogens is 4. The first-order valence-corrected chi connectivity index (χ1v) is 3.63. The van der Waals surface area contributed by atoms with Gasteiger partial charge in [-0.3, -0.25) is 0 Å². The maximum atomic E-state index is 12.8. The third-order valence-electron chi connectivity index (χ3n) is 1.65. The topological polar surface area (TPSA) is 26.0 Å². The molecule has 0 spiro atoms. The Kier molecular flexibility index (Phi) is 2.61. The predicted octanol–water partition coefficient (Wildman–Crippen LogP) is 1.34. The Bertz CT molecular complexity index is 310. The minimum atomic E-state index is -5.27. The van der Waals surface area contributed by atoms with E-state index in [0.29, 0.717) is 5.56 Å². The average molecular weight is 192 g/mol. The van der Waals surface area contributed by atoms with Gasteiger partial charge in [0, 0.05) is 6.54 Å². The van der Waals surface area contributed by atoms with Gasteiger partial charge in [0.05, 0.1) is 5.82 Å². The molecule has 0 amide bonds. The molecule has 1 aromatic rings. The molecule has 6 heteroatoms. The highest BCUT2D eigenvalue weighted by atomic mass is 19.4. The van der Waals surface area contributed by atoms with Crippen molar-refractivity contribution < 1.29 is 17.3 Å². The van der Waals surface area contributed by atoms with E-state index in [1.165, 1.54) is 6.07 Å². The van der Waals surface area contributed by atoms with Crippen molar-refractivity contribution in [1.29, 1.82) is 0 Å². The predicted molar refractivity (Wildman–Crippen MR) is 43.0 cm³/mol. The number of rotatable bonds is 2. The summed E-state index contributed by atoms with van der Waals surface area (Å²) in [5.74, 6) is -1.25. The second-order valence-electron chi connectivity index (χ2n) is 2.63. The highest BCUT2D eigenvalue weighted by Crippen LogP contribution is 2.12. The highest BCUT2D eigenvalue weighted by molar-refractivity contribution is 6.73. The van der Waals surface area contributed by atoms with Crippen LogP contribution in [0.4, 0.5) is 17.3 Å². The summed E-state index contributed by atoms with van der Waals surface area (Å²) in [5, 5.41) is 0. The van der Waals surface area contributed by atoms with Gasteiger partial charge in [-0.05, 0) is 11.6 Å². The summed E-state index contributed by atoms with van der Waals surface area (Å²) >= 11 is 0. The van der Waals surface area contributed by atoms with Gasteiger partial charge in [0.25, 0.3) is 0 Å². The largest absolute Gasteiger partial charge is 0.512 e. The molecule has 72 valence electrons. The zero-order valence-corrected chi connectivity index (χ0v) is 6.61. The fraction of sp³-hybridized carbons (Fsp3) is 0.143. The van der Waals surface area contributed by atoms with E-state index in [2.05, 4.69) is 0 Å². The van der Waals surface area contributed by atoms with E-state index in [4.69, 9.17) is 5.73 Å². The van der Waals surface area contributed by atoms with E-state index >= 15 is 0 Å². The van der Waals surface area contributed by atoms with E-state index in [9.17, 15) is 17.3 Å². The quantitative estimate of drug-likeness (QED) is 0.555. The molecule has 0 fully saturated rings. The lowest BCUT2D eigenvalue weighted by molar-refractivity contribution is 0.494. The lowest BCUT2D eigenvalue weighted by Gasteiger charge is -2.15. The SMILES string of the molecule is NCc1ccc([B-](F)(F)F)c(F)c1. The van der Waals surface area contributed by atoms with Crippen molar-refractivity contribution in [2.45, 2.75) is 6.54 Å². The van der Waals surface area contributed by atoms with E-state index in [1.807, 2.05) is 0 Å². The zero-order chi connectivity index (χ0) is 10.1. The fourth-order valence-electron chi connectivity index (χ4n) is 0.963. The molecular formula is C7H7BF4N-. The van der Waals surface area contributed by atoms with Crippen LogP contribution in [0, 0.1) is 5.82 Å². The first-order chi connectivity index (χ1) is 5.95. The van der Waals surface area contributed by atoms with Gasteiger partial charge in [-0.25, -0.2) is 4.39 Å². The molecule has 0 aliphatic rings. The van der Waals surface area contributed by atoms with Crippen LogP contribution in [-0.4, -0.2) is 6.98 Å². The van der Waals surface area contributed by atoms with E-state index in [0.717, 1.165) is 12.1 Å². The van der Waals surface area contributed by atoms with Crippen LogP contribution in [0.2, 0.25) is 0 Å². The van der Waals surface area contributed by atoms with Gasteiger partial charge in [0.15, 0.2) is 0 Å². The molecule has 13 heavy (non-hydrogen) atoms. The molecule has 0 bridgehead atoms. The Labute approximate surface area is 72.6 Å². The first-order valence-electron chi connectivity index (χ1n) is 3.63. The third-order valence-corrected chi connectivity index (χ3v) is 1.65. The van der Waals surface area contributed by atoms with E-state index < -0.39 is 18.3 Å². The van der Waals surface area contributed by atoms with Crippen molar-refractivity contribution in [2.24, 2.45) is 5.73 Å². The summed E-state index contributed by atoms with van der Waals surface area (Å²) in [6.45, 7) is -5.24. The Morgan fingerprint density at radius 3 is 2.23 bits per heavy atom. The number of nitrogens with two attached hydrogens (primary N) is 1. The normalized spacial score (nSPS) is 11.8. The molecule has 0 saturated carbocycles. The molecule has 0 heterocycles. The lowest BCUT2D eigenvalue weighted by atomic mass is 9.79. The van der Waals surface area contributed by atoms with Crippen LogP contribution in [0.15, 0.2) is 18.2 Å². The average Bonchev–Trinajstić information content (AvgIpc) is 2.01. The monoisotopic (exact) mass is 192 g/mol. The molecule has 0 atom stereocenters. The minimum Gasteiger partial charge on any atom is -0.445 e. The van der Waals surface area contributed by atoms with Crippen molar-refractivity contribution in [2.75, 3.05) is 0 Å². The van der Waals surface area contributed by atoms with E-state index in [1.54, 1.807) is 0 Å². The van der Waals surface area contributed by atoms with Gasteiger partial charge in [-0.1, -0.05) is 17.6 Å². The molecule has 0 aliphatic carbocycles. The second-order valence-corrected chi connectivity index (χ2v) is 2.63. The summed E-state index contributed by atoms with van der Waals surface area (Å²) in [7, 11) is 0. The molecule has 0 saturated heterocycles. The van der Waals surface area contributed by atoms with Crippen LogP contribution in [0.1, 0.15) is 5.56 Å². The van der Waals surface area contributed by atoms with E-state index in [-0.39, 0.29) is 6.54 Å². The minimum absolute atomic E-state index is 0.0298. The molecule has 0 radical (unpaired) electrons. The molecule has 0 aliphatic heterocycles. The Morgan fingerprint density at radius 1 is 1.23 bits per heavy atom. The van der Waals surface area contributed by atoms with Crippen molar-refractivity contribution in [3.05, 3.63) is 29.6 Å². The standard InChI is InChI=1S/C7H7BF4N/c9-7-3-5(4-13)1-2-6(7)8(10,11)12/h1-3H,4,13H2/q-1. The highest BCUT2D eigenvalue weighted by Gasteiger charge is 2.28. The zero-order valence-electron chi connectivity index (χ0n) is 6.61. The van der Waals surface area contributed by atoms with Gasteiger partial charge in [0.2, 0.25) is 0 Å². The van der Waals surface area contributed by atoms with Crippen LogP contribution in [0.5, 0.6) is 0 Å². The number of hydrogen-bond donors (Lipinski definition) is 1. The molecule has 1 aromatic carbocycles. The van der Waals surface area contributed by atoms with Crippen LogP contribution in [0.3, 0.4) is 0 Å². The Morgan fingerprint density at radius 2 is 1.85 bits per heavy atom. The van der Waals surface area contributed by atoms with Gasteiger partial charge >= 0.3 is 6.98 Å². The van der Waals surface area contributed by atoms with Crippen LogP contribution in [-0.2, 0) is 6.54 Å².